The molecule has 1 aliphatic rings. The third kappa shape index (κ3) is 5.10. The van der Waals surface area contributed by atoms with Crippen molar-refractivity contribution in [1.29, 1.82) is 0 Å². The van der Waals surface area contributed by atoms with Gasteiger partial charge in [0.25, 0.3) is 0 Å². The SMILES string of the molecule is CC(CO)CC1CCN(Cc2ccc(C(C)(C)C)cc2)CC1. The first kappa shape index (κ1) is 17.5. The molecule has 1 aliphatic heterocycles. The summed E-state index contributed by atoms with van der Waals surface area (Å²) in [5, 5.41) is 9.18. The second-order valence-corrected chi connectivity index (χ2v) is 8.19. The molecule has 1 N–H and O–H groups in total. The molecule has 1 saturated heterocycles. The van der Waals surface area contributed by atoms with Crippen LogP contribution in [-0.4, -0.2) is 29.7 Å². The Morgan fingerprint density at radius 2 is 1.73 bits per heavy atom. The Morgan fingerprint density at radius 3 is 2.23 bits per heavy atom. The lowest BCUT2D eigenvalue weighted by molar-refractivity contribution is 0.145. The zero-order valence-electron chi connectivity index (χ0n) is 14.8. The van der Waals surface area contributed by atoms with E-state index in [1.807, 2.05) is 0 Å². The fourth-order valence-electron chi connectivity index (χ4n) is 3.39. The van der Waals surface area contributed by atoms with Gasteiger partial charge in [-0.15, -0.1) is 0 Å². The van der Waals surface area contributed by atoms with E-state index in [0.29, 0.717) is 12.5 Å². The van der Waals surface area contributed by atoms with Crippen molar-refractivity contribution in [1.82, 2.24) is 4.90 Å². The first-order valence-electron chi connectivity index (χ1n) is 8.81. The van der Waals surface area contributed by atoms with Crippen LogP contribution in [0.5, 0.6) is 0 Å². The first-order chi connectivity index (χ1) is 10.4. The van der Waals surface area contributed by atoms with Crippen molar-refractivity contribution in [3.63, 3.8) is 0 Å². The molecule has 0 spiro atoms. The first-order valence-corrected chi connectivity index (χ1v) is 8.81. The molecule has 2 nitrogen and oxygen atoms in total. The second-order valence-electron chi connectivity index (χ2n) is 8.19. The number of nitrogens with zero attached hydrogens (tertiary/aromatic N) is 1. The zero-order valence-corrected chi connectivity index (χ0v) is 14.8. The summed E-state index contributed by atoms with van der Waals surface area (Å²) in [4.78, 5) is 2.58. The van der Waals surface area contributed by atoms with Gasteiger partial charge in [-0.25, -0.2) is 0 Å². The van der Waals surface area contributed by atoms with Gasteiger partial charge < -0.3 is 5.11 Å². The van der Waals surface area contributed by atoms with Crippen LogP contribution in [0.25, 0.3) is 0 Å². The molecule has 0 saturated carbocycles. The van der Waals surface area contributed by atoms with E-state index in [2.05, 4.69) is 56.9 Å². The summed E-state index contributed by atoms with van der Waals surface area (Å²) >= 11 is 0. The fourth-order valence-corrected chi connectivity index (χ4v) is 3.39. The van der Waals surface area contributed by atoms with Crippen molar-refractivity contribution in [3.8, 4) is 0 Å². The van der Waals surface area contributed by atoms with Crippen LogP contribution in [0.15, 0.2) is 24.3 Å². The lowest BCUT2D eigenvalue weighted by Crippen LogP contribution is -2.33. The van der Waals surface area contributed by atoms with Gasteiger partial charge in [0, 0.05) is 13.2 Å². The molecule has 1 aromatic rings. The van der Waals surface area contributed by atoms with E-state index in [-0.39, 0.29) is 5.41 Å². The van der Waals surface area contributed by atoms with Crippen molar-refractivity contribution >= 4 is 0 Å². The number of hydrogen-bond acceptors (Lipinski definition) is 2. The molecule has 22 heavy (non-hydrogen) atoms. The summed E-state index contributed by atoms with van der Waals surface area (Å²) in [5.41, 5.74) is 3.07. The fraction of sp³-hybridized carbons (Fsp3) is 0.700. The molecule has 0 radical (unpaired) electrons. The van der Waals surface area contributed by atoms with Gasteiger partial charge in [0.15, 0.2) is 0 Å². The molecule has 2 rings (SSSR count). The Morgan fingerprint density at radius 1 is 1.14 bits per heavy atom. The molecule has 0 aliphatic carbocycles. The Balaban J connectivity index is 1.81. The smallest absolute Gasteiger partial charge is 0.0456 e. The van der Waals surface area contributed by atoms with Gasteiger partial charge in [0.1, 0.15) is 0 Å². The molecular weight excluding hydrogens is 270 g/mol. The predicted octanol–water partition coefficient (Wildman–Crippen LogP) is 4.21. The van der Waals surface area contributed by atoms with Gasteiger partial charge in [-0.2, -0.15) is 0 Å². The van der Waals surface area contributed by atoms with Crippen LogP contribution in [-0.2, 0) is 12.0 Å². The average molecular weight is 303 g/mol. The summed E-state index contributed by atoms with van der Waals surface area (Å²) in [6.07, 6.45) is 3.75. The van der Waals surface area contributed by atoms with Gasteiger partial charge in [-0.3, -0.25) is 4.90 Å². The van der Waals surface area contributed by atoms with E-state index in [9.17, 15) is 5.11 Å². The van der Waals surface area contributed by atoms with E-state index in [1.54, 1.807) is 0 Å². The maximum Gasteiger partial charge on any atom is 0.0456 e. The molecule has 1 heterocycles. The topological polar surface area (TPSA) is 23.5 Å². The Bertz CT molecular complexity index is 438. The van der Waals surface area contributed by atoms with Crippen LogP contribution < -0.4 is 0 Å². The standard InChI is InChI=1S/C20H33NO/c1-16(15-22)13-17-9-11-21(12-10-17)14-18-5-7-19(8-6-18)20(2,3)4/h5-8,16-17,22H,9-15H2,1-4H3. The molecule has 0 aromatic heterocycles. The molecular formula is C20H33NO. The van der Waals surface area contributed by atoms with E-state index in [1.165, 1.54) is 43.5 Å². The van der Waals surface area contributed by atoms with Crippen LogP contribution in [0.4, 0.5) is 0 Å². The number of benzene rings is 1. The molecule has 0 amide bonds. The van der Waals surface area contributed by atoms with Gasteiger partial charge in [-0.1, -0.05) is 52.0 Å². The summed E-state index contributed by atoms with van der Waals surface area (Å²) in [6.45, 7) is 12.8. The molecule has 1 aromatic carbocycles. The van der Waals surface area contributed by atoms with Gasteiger partial charge in [0.2, 0.25) is 0 Å². The minimum atomic E-state index is 0.236. The van der Waals surface area contributed by atoms with E-state index >= 15 is 0 Å². The summed E-state index contributed by atoms with van der Waals surface area (Å²) < 4.78 is 0. The van der Waals surface area contributed by atoms with E-state index in [4.69, 9.17) is 0 Å². The summed E-state index contributed by atoms with van der Waals surface area (Å²) in [6, 6.07) is 9.15. The minimum absolute atomic E-state index is 0.236. The van der Waals surface area contributed by atoms with E-state index < -0.39 is 0 Å². The number of aliphatic hydroxyl groups is 1. The van der Waals surface area contributed by atoms with Crippen molar-refractivity contribution in [2.24, 2.45) is 11.8 Å². The quantitative estimate of drug-likeness (QED) is 0.880. The van der Waals surface area contributed by atoms with Crippen LogP contribution in [0, 0.1) is 11.8 Å². The van der Waals surface area contributed by atoms with Crippen molar-refractivity contribution in [2.75, 3.05) is 19.7 Å². The number of aliphatic hydroxyl groups excluding tert-OH is 1. The largest absolute Gasteiger partial charge is 0.396 e. The molecule has 1 unspecified atom stereocenters. The van der Waals surface area contributed by atoms with Crippen LogP contribution >= 0.6 is 0 Å². The predicted molar refractivity (Wildman–Crippen MR) is 94.0 cm³/mol. The molecule has 2 heteroatoms. The summed E-state index contributed by atoms with van der Waals surface area (Å²) in [7, 11) is 0. The molecule has 1 fully saturated rings. The lowest BCUT2D eigenvalue weighted by atomic mass is 9.86. The highest BCUT2D eigenvalue weighted by Crippen LogP contribution is 2.26. The van der Waals surface area contributed by atoms with Crippen LogP contribution in [0.2, 0.25) is 0 Å². The number of piperidine rings is 1. The number of rotatable bonds is 5. The highest BCUT2D eigenvalue weighted by Gasteiger charge is 2.21. The van der Waals surface area contributed by atoms with Crippen LogP contribution in [0.3, 0.4) is 0 Å². The normalized spacial score (nSPS) is 19.3. The number of likely N-dealkylation sites (tertiary alicyclic amines) is 1. The maximum atomic E-state index is 9.18. The third-order valence-corrected chi connectivity index (χ3v) is 4.98. The Kier molecular flexibility index (Phi) is 6.05. The van der Waals surface area contributed by atoms with Crippen molar-refractivity contribution in [2.45, 2.75) is 58.9 Å². The monoisotopic (exact) mass is 303 g/mol. The van der Waals surface area contributed by atoms with E-state index in [0.717, 1.165) is 12.5 Å². The number of hydrogen-bond donors (Lipinski definition) is 1. The van der Waals surface area contributed by atoms with Crippen molar-refractivity contribution in [3.05, 3.63) is 35.4 Å². The zero-order chi connectivity index (χ0) is 16.2. The molecule has 124 valence electrons. The Hall–Kier alpha value is -0.860. The minimum Gasteiger partial charge on any atom is -0.396 e. The third-order valence-electron chi connectivity index (χ3n) is 4.98. The van der Waals surface area contributed by atoms with Gasteiger partial charge in [0.05, 0.1) is 0 Å². The molecule has 0 bridgehead atoms. The van der Waals surface area contributed by atoms with Crippen LogP contribution in [0.1, 0.15) is 58.1 Å². The molecule has 1 atom stereocenters. The van der Waals surface area contributed by atoms with Gasteiger partial charge >= 0.3 is 0 Å². The highest BCUT2D eigenvalue weighted by atomic mass is 16.3. The average Bonchev–Trinajstić information content (AvgIpc) is 2.49. The lowest BCUT2D eigenvalue weighted by Gasteiger charge is -2.33. The van der Waals surface area contributed by atoms with Crippen molar-refractivity contribution < 1.29 is 5.11 Å². The van der Waals surface area contributed by atoms with Gasteiger partial charge in [-0.05, 0) is 60.7 Å². The summed E-state index contributed by atoms with van der Waals surface area (Å²) in [5.74, 6) is 1.27. The highest BCUT2D eigenvalue weighted by molar-refractivity contribution is 5.27. The maximum absolute atomic E-state index is 9.18. The second kappa shape index (κ2) is 7.61. The Labute approximate surface area is 136 Å².